The van der Waals surface area contributed by atoms with Crippen molar-refractivity contribution in [2.24, 2.45) is 0 Å². The lowest BCUT2D eigenvalue weighted by Gasteiger charge is -2.46. The van der Waals surface area contributed by atoms with E-state index < -0.39 is 5.41 Å². The van der Waals surface area contributed by atoms with Crippen molar-refractivity contribution >= 4 is 11.8 Å². The summed E-state index contributed by atoms with van der Waals surface area (Å²) in [6, 6.07) is 31.7. The Kier molecular flexibility index (Phi) is 7.19. The van der Waals surface area contributed by atoms with Gasteiger partial charge in [-0.25, -0.2) is 0 Å². The number of hydrogen-bond acceptors (Lipinski definition) is 3. The Balaban J connectivity index is 1.35. The van der Waals surface area contributed by atoms with Gasteiger partial charge >= 0.3 is 0 Å². The van der Waals surface area contributed by atoms with E-state index >= 15 is 0 Å². The smallest absolute Gasteiger partial charge is 0.233 e. The van der Waals surface area contributed by atoms with Crippen LogP contribution in [-0.2, 0) is 15.0 Å². The van der Waals surface area contributed by atoms with Gasteiger partial charge in [0.15, 0.2) is 0 Å². The van der Waals surface area contributed by atoms with Crippen molar-refractivity contribution in [2.45, 2.75) is 31.2 Å². The molecule has 0 bridgehead atoms. The highest BCUT2D eigenvalue weighted by atomic mass is 16.2. The van der Waals surface area contributed by atoms with Crippen molar-refractivity contribution in [1.29, 1.82) is 0 Å². The van der Waals surface area contributed by atoms with E-state index in [9.17, 15) is 9.59 Å². The largest absolute Gasteiger partial charge is 0.343 e. The van der Waals surface area contributed by atoms with Gasteiger partial charge in [0.25, 0.3) is 0 Å². The summed E-state index contributed by atoms with van der Waals surface area (Å²) in [4.78, 5) is 32.6. The molecule has 2 fully saturated rings. The number of nitrogens with zero attached hydrogens (tertiary/aromatic N) is 3. The summed E-state index contributed by atoms with van der Waals surface area (Å²) in [6.45, 7) is 5.93. The van der Waals surface area contributed by atoms with E-state index in [1.165, 1.54) is 11.1 Å². The molecular weight excluding hydrogens is 446 g/mol. The molecule has 0 aromatic heterocycles. The first-order chi connectivity index (χ1) is 17.6. The summed E-state index contributed by atoms with van der Waals surface area (Å²) < 4.78 is 0. The molecule has 0 unspecified atom stereocenters. The first kappa shape index (κ1) is 24.3. The first-order valence-electron chi connectivity index (χ1n) is 13.0. The summed E-state index contributed by atoms with van der Waals surface area (Å²) in [5.74, 6) is 0.304. The molecule has 2 aliphatic rings. The monoisotopic (exact) mass is 481 g/mol. The van der Waals surface area contributed by atoms with Gasteiger partial charge in [-0.05, 0) is 29.5 Å². The van der Waals surface area contributed by atoms with E-state index in [0.29, 0.717) is 39.0 Å². The van der Waals surface area contributed by atoms with Gasteiger partial charge in [-0.3, -0.25) is 14.5 Å². The fourth-order valence-electron chi connectivity index (χ4n) is 5.96. The van der Waals surface area contributed by atoms with Crippen LogP contribution in [0, 0.1) is 0 Å². The molecule has 5 nitrogen and oxygen atoms in total. The highest BCUT2D eigenvalue weighted by Gasteiger charge is 2.46. The topological polar surface area (TPSA) is 43.9 Å². The van der Waals surface area contributed by atoms with Gasteiger partial charge in [-0.2, -0.15) is 0 Å². The van der Waals surface area contributed by atoms with Crippen LogP contribution in [0.5, 0.6) is 0 Å². The van der Waals surface area contributed by atoms with Crippen molar-refractivity contribution < 1.29 is 9.59 Å². The van der Waals surface area contributed by atoms with Gasteiger partial charge < -0.3 is 9.80 Å². The zero-order chi connectivity index (χ0) is 25.0. The number of piperazine rings is 1. The number of carbonyl (C=O) groups excluding carboxylic acids is 2. The number of amides is 2. The fourth-order valence-corrected chi connectivity index (χ4v) is 5.96. The molecule has 2 saturated heterocycles. The highest BCUT2D eigenvalue weighted by Crippen LogP contribution is 2.38. The number of rotatable bonds is 5. The Morgan fingerprint density at radius 2 is 1.11 bits per heavy atom. The Morgan fingerprint density at radius 1 is 0.639 bits per heavy atom. The summed E-state index contributed by atoms with van der Waals surface area (Å²) in [5, 5.41) is 0. The van der Waals surface area contributed by atoms with E-state index in [1.807, 2.05) is 23.1 Å². The predicted octanol–water partition coefficient (Wildman–Crippen LogP) is 4.50. The van der Waals surface area contributed by atoms with Crippen LogP contribution in [0.25, 0.3) is 0 Å². The Hall–Kier alpha value is -3.44. The molecule has 0 radical (unpaired) electrons. The molecular formula is C31H35N3O2. The third-order valence-electron chi connectivity index (χ3n) is 8.00. The van der Waals surface area contributed by atoms with Crippen LogP contribution < -0.4 is 0 Å². The van der Waals surface area contributed by atoms with Crippen LogP contribution in [-0.4, -0.2) is 65.8 Å². The third kappa shape index (κ3) is 4.80. The van der Waals surface area contributed by atoms with Gasteiger partial charge in [0, 0.05) is 46.2 Å². The summed E-state index contributed by atoms with van der Waals surface area (Å²) in [5.41, 5.74) is 3.07. The summed E-state index contributed by atoms with van der Waals surface area (Å²) in [6.07, 6.45) is 1.35. The molecule has 0 aliphatic carbocycles. The third-order valence-corrected chi connectivity index (χ3v) is 8.00. The number of hydrogen-bond donors (Lipinski definition) is 0. The molecule has 3 aromatic rings. The number of piperidine rings is 1. The minimum Gasteiger partial charge on any atom is -0.343 e. The van der Waals surface area contributed by atoms with Crippen molar-refractivity contribution in [3.63, 3.8) is 0 Å². The van der Waals surface area contributed by atoms with Crippen LogP contribution in [0.2, 0.25) is 0 Å². The Morgan fingerprint density at radius 3 is 1.58 bits per heavy atom. The second kappa shape index (κ2) is 10.7. The van der Waals surface area contributed by atoms with E-state index in [1.54, 1.807) is 6.92 Å². The van der Waals surface area contributed by atoms with Gasteiger partial charge in [-0.15, -0.1) is 0 Å². The molecule has 0 N–H and O–H groups in total. The maximum atomic E-state index is 14.2. The van der Waals surface area contributed by atoms with Crippen LogP contribution in [0.1, 0.15) is 42.5 Å². The lowest BCUT2D eigenvalue weighted by Crippen LogP contribution is -2.58. The maximum Gasteiger partial charge on any atom is 0.233 e. The zero-order valence-electron chi connectivity index (χ0n) is 21.1. The Bertz CT molecular complexity index is 1110. The predicted molar refractivity (Wildman–Crippen MR) is 142 cm³/mol. The minimum atomic E-state index is -0.562. The van der Waals surface area contributed by atoms with Crippen LogP contribution >= 0.6 is 0 Å². The molecule has 3 aromatic carbocycles. The van der Waals surface area contributed by atoms with Crippen LogP contribution in [0.4, 0.5) is 0 Å². The van der Waals surface area contributed by atoms with Gasteiger partial charge in [0.1, 0.15) is 0 Å². The fraction of sp³-hybridized carbons (Fsp3) is 0.355. The average molecular weight is 482 g/mol. The molecule has 186 valence electrons. The zero-order valence-corrected chi connectivity index (χ0v) is 21.1. The molecule has 36 heavy (non-hydrogen) atoms. The van der Waals surface area contributed by atoms with E-state index in [2.05, 4.69) is 82.6 Å². The molecule has 5 heteroatoms. The molecule has 5 rings (SSSR count). The highest BCUT2D eigenvalue weighted by molar-refractivity contribution is 5.89. The standard InChI is InChI=1S/C31H35N3O2/c1-25(35)32-19-17-31(18-20-32,28-15-9-4-10-16-28)30(36)34-23-21-33(22-24-34)29(26-11-5-2-6-12-26)27-13-7-3-8-14-27/h2-16,29H,17-24H2,1H3. The van der Waals surface area contributed by atoms with Gasteiger partial charge in [0.05, 0.1) is 11.5 Å². The van der Waals surface area contributed by atoms with E-state index in [4.69, 9.17) is 0 Å². The Labute approximate surface area is 214 Å². The van der Waals surface area contributed by atoms with E-state index in [0.717, 1.165) is 18.7 Å². The second-order valence-electron chi connectivity index (χ2n) is 10.0. The number of benzene rings is 3. The van der Waals surface area contributed by atoms with Crippen molar-refractivity contribution in [3.8, 4) is 0 Å². The van der Waals surface area contributed by atoms with Crippen molar-refractivity contribution in [3.05, 3.63) is 108 Å². The maximum absolute atomic E-state index is 14.2. The molecule has 0 saturated carbocycles. The van der Waals surface area contributed by atoms with Crippen molar-refractivity contribution in [2.75, 3.05) is 39.3 Å². The molecule has 2 amide bonds. The second-order valence-corrected chi connectivity index (χ2v) is 10.0. The lowest BCUT2D eigenvalue weighted by molar-refractivity contribution is -0.144. The quantitative estimate of drug-likeness (QED) is 0.539. The molecule has 2 heterocycles. The minimum absolute atomic E-state index is 0.0885. The summed E-state index contributed by atoms with van der Waals surface area (Å²) >= 11 is 0. The van der Waals surface area contributed by atoms with Crippen LogP contribution in [0.15, 0.2) is 91.0 Å². The average Bonchev–Trinajstić information content (AvgIpc) is 2.95. The molecule has 0 spiro atoms. The number of carbonyl (C=O) groups is 2. The first-order valence-corrected chi connectivity index (χ1v) is 13.0. The van der Waals surface area contributed by atoms with Crippen molar-refractivity contribution in [1.82, 2.24) is 14.7 Å². The van der Waals surface area contributed by atoms with Crippen LogP contribution in [0.3, 0.4) is 0 Å². The summed E-state index contributed by atoms with van der Waals surface area (Å²) in [7, 11) is 0. The lowest BCUT2D eigenvalue weighted by atomic mass is 9.71. The molecule has 2 aliphatic heterocycles. The van der Waals surface area contributed by atoms with Gasteiger partial charge in [-0.1, -0.05) is 91.0 Å². The number of likely N-dealkylation sites (tertiary alicyclic amines) is 1. The molecule has 0 atom stereocenters. The SMILES string of the molecule is CC(=O)N1CCC(C(=O)N2CCN(C(c3ccccc3)c3ccccc3)CC2)(c2ccccc2)CC1. The van der Waals surface area contributed by atoms with E-state index in [-0.39, 0.29) is 17.9 Å². The normalized spacial score (nSPS) is 18.3. The van der Waals surface area contributed by atoms with Gasteiger partial charge in [0.2, 0.25) is 11.8 Å².